The van der Waals surface area contributed by atoms with E-state index in [0.717, 1.165) is 56.9 Å². The molecule has 0 aliphatic heterocycles. The van der Waals surface area contributed by atoms with E-state index in [1.165, 1.54) is 5.57 Å². The average molecular weight is 684 g/mol. The second-order valence-corrected chi connectivity index (χ2v) is 19.2. The van der Waals surface area contributed by atoms with Crippen LogP contribution >= 0.6 is 0 Å². The molecular weight excluding hydrogens is 618 g/mol. The van der Waals surface area contributed by atoms with Crippen molar-refractivity contribution in [3.63, 3.8) is 0 Å². The highest BCUT2D eigenvalue weighted by Crippen LogP contribution is 2.77. The number of carboxylic acid groups (broad SMARTS) is 1. The molecule has 0 unspecified atom stereocenters. The lowest BCUT2D eigenvalue weighted by Crippen LogP contribution is -2.66. The molecule has 5 rings (SSSR count). The van der Waals surface area contributed by atoms with E-state index >= 15 is 0 Å². The van der Waals surface area contributed by atoms with Gasteiger partial charge < -0.3 is 19.8 Å². The van der Waals surface area contributed by atoms with Crippen LogP contribution in [-0.2, 0) is 23.9 Å². The highest BCUT2D eigenvalue weighted by atomic mass is 16.5. The second kappa shape index (κ2) is 12.5. The predicted molar refractivity (Wildman–Crippen MR) is 189 cm³/mol. The summed E-state index contributed by atoms with van der Waals surface area (Å²) in [6.07, 6.45) is 7.10. The Bertz CT molecular complexity index is 1410. The van der Waals surface area contributed by atoms with Crippen molar-refractivity contribution in [3.8, 4) is 0 Å². The van der Waals surface area contributed by atoms with Crippen molar-refractivity contribution in [2.45, 2.75) is 152 Å². The molecule has 8 nitrogen and oxygen atoms in total. The molecule has 0 spiro atoms. The molecule has 4 fully saturated rings. The van der Waals surface area contributed by atoms with Gasteiger partial charge in [0.15, 0.2) is 5.78 Å². The minimum Gasteiger partial charge on any atom is -0.481 e. The third-order valence-corrected chi connectivity index (χ3v) is 15.7. The molecule has 0 aromatic carbocycles. The highest BCUT2D eigenvalue weighted by molar-refractivity contribution is 6.00. The Balaban J connectivity index is 1.46. The van der Waals surface area contributed by atoms with Crippen molar-refractivity contribution in [2.24, 2.45) is 56.2 Å². The maximum absolute atomic E-state index is 13.9. The summed E-state index contributed by atoms with van der Waals surface area (Å²) in [6.45, 7) is 21.5. The van der Waals surface area contributed by atoms with E-state index in [1.807, 2.05) is 6.92 Å². The van der Waals surface area contributed by atoms with E-state index in [1.54, 1.807) is 25.8 Å². The van der Waals surface area contributed by atoms with Gasteiger partial charge in [-0.2, -0.15) is 0 Å². The van der Waals surface area contributed by atoms with Crippen molar-refractivity contribution >= 4 is 23.6 Å². The number of carbonyl (C=O) groups excluding carboxylic acids is 3. The number of ketones is 1. The Hall–Kier alpha value is -2.22. The van der Waals surface area contributed by atoms with Gasteiger partial charge in [-0.25, -0.2) is 0 Å². The van der Waals surface area contributed by atoms with Crippen LogP contribution in [0.3, 0.4) is 0 Å². The summed E-state index contributed by atoms with van der Waals surface area (Å²) in [5, 5.41) is 21.6. The highest BCUT2D eigenvalue weighted by Gasteiger charge is 2.70. The van der Waals surface area contributed by atoms with E-state index < -0.39 is 28.9 Å². The molecule has 0 heterocycles. The zero-order valence-electron chi connectivity index (χ0n) is 32.3. The average Bonchev–Trinajstić information content (AvgIpc) is 3.31. The SMILES string of the molecule is CCC(=O)N(C)C[C@H](O)[C@@]12CC[C@]3(C)[C@H](CC[C@@H]4[C@@]5(C)CC[C@H](OC(=O)CC(C)(C)C(=O)O)C(C)(C)[C@@H]5CC[C@]43C)C1=C(C(C)C)C(=O)C2. The molecule has 49 heavy (non-hydrogen) atoms. The molecule has 276 valence electrons. The van der Waals surface area contributed by atoms with Crippen LogP contribution in [0.15, 0.2) is 11.1 Å². The standard InChI is InChI=1S/C41H65NO7/c1-12-31(45)42(11)23-29(44)41-20-19-39(9)25(34(41)33(24(2)3)26(43)21-41)13-14-28-38(8)17-16-30(49-32(46)22-36(4,5)35(47)48)37(6,7)27(38)15-18-40(28,39)10/h24-25,27-30,44H,12-23H2,1-11H3,(H,47,48)/t25-,27+,28-,29+,30+,38+,39-,40-,41+/m1/s1. The smallest absolute Gasteiger partial charge is 0.309 e. The van der Waals surface area contributed by atoms with Gasteiger partial charge in [0, 0.05) is 37.3 Å². The first-order valence-corrected chi connectivity index (χ1v) is 19.2. The summed E-state index contributed by atoms with van der Waals surface area (Å²) >= 11 is 0. The largest absolute Gasteiger partial charge is 0.481 e. The van der Waals surface area contributed by atoms with Crippen LogP contribution in [0.25, 0.3) is 0 Å². The molecule has 9 atom stereocenters. The molecule has 5 aliphatic carbocycles. The lowest BCUT2D eigenvalue weighted by Gasteiger charge is -2.72. The number of nitrogens with zero attached hydrogens (tertiary/aromatic N) is 1. The first-order chi connectivity index (χ1) is 22.5. The minimum absolute atomic E-state index is 0.00423. The number of allylic oxidation sites excluding steroid dienone is 1. The minimum atomic E-state index is -1.17. The first-order valence-electron chi connectivity index (χ1n) is 19.2. The molecular formula is C41H65NO7. The number of carboxylic acids is 1. The zero-order chi connectivity index (χ0) is 36.7. The van der Waals surface area contributed by atoms with E-state index in [0.29, 0.717) is 24.7 Å². The molecule has 0 radical (unpaired) electrons. The van der Waals surface area contributed by atoms with Crippen molar-refractivity contribution in [1.82, 2.24) is 4.90 Å². The van der Waals surface area contributed by atoms with Gasteiger partial charge >= 0.3 is 11.9 Å². The van der Waals surface area contributed by atoms with Crippen molar-refractivity contribution < 1.29 is 34.1 Å². The lowest BCUT2D eigenvalue weighted by atomic mass is 9.33. The van der Waals surface area contributed by atoms with Crippen LogP contribution in [0.4, 0.5) is 0 Å². The van der Waals surface area contributed by atoms with Crippen molar-refractivity contribution in [3.05, 3.63) is 11.1 Å². The summed E-state index contributed by atoms with van der Waals surface area (Å²) in [4.78, 5) is 52.9. The number of hydrogen-bond acceptors (Lipinski definition) is 6. The van der Waals surface area contributed by atoms with E-state index in [9.17, 15) is 29.4 Å². The summed E-state index contributed by atoms with van der Waals surface area (Å²) in [5.74, 6) is -0.140. The van der Waals surface area contributed by atoms with Crippen molar-refractivity contribution in [2.75, 3.05) is 13.6 Å². The fourth-order valence-electron chi connectivity index (χ4n) is 12.7. The van der Waals surface area contributed by atoms with Crippen LogP contribution in [0.1, 0.15) is 140 Å². The van der Waals surface area contributed by atoms with Crippen LogP contribution < -0.4 is 0 Å². The number of aliphatic hydroxyl groups excluding tert-OH is 1. The van der Waals surface area contributed by atoms with Crippen molar-refractivity contribution in [1.29, 1.82) is 0 Å². The fraction of sp³-hybridized carbons (Fsp3) is 0.854. The van der Waals surface area contributed by atoms with Gasteiger partial charge in [-0.15, -0.1) is 0 Å². The lowest BCUT2D eigenvalue weighted by molar-refractivity contribution is -0.235. The Labute approximate surface area is 295 Å². The molecule has 2 N–H and O–H groups in total. The van der Waals surface area contributed by atoms with Crippen LogP contribution in [-0.4, -0.2) is 64.5 Å². The normalized spacial score (nSPS) is 39.0. The Morgan fingerprint density at radius 1 is 0.939 bits per heavy atom. The van der Waals surface area contributed by atoms with Crippen LogP contribution in [0, 0.1) is 56.2 Å². The Morgan fingerprint density at radius 2 is 1.59 bits per heavy atom. The molecule has 1 amide bonds. The number of aliphatic carboxylic acids is 1. The quantitative estimate of drug-likeness (QED) is 0.240. The number of aliphatic hydroxyl groups is 1. The van der Waals surface area contributed by atoms with Gasteiger partial charge in [0.2, 0.25) is 5.91 Å². The molecule has 0 bridgehead atoms. The molecule has 0 aromatic rings. The van der Waals surface area contributed by atoms with Gasteiger partial charge in [0.1, 0.15) is 6.10 Å². The van der Waals surface area contributed by atoms with Crippen LogP contribution in [0.2, 0.25) is 0 Å². The van der Waals surface area contributed by atoms with Crippen LogP contribution in [0.5, 0.6) is 0 Å². The van der Waals surface area contributed by atoms with Gasteiger partial charge in [-0.3, -0.25) is 19.2 Å². The number of likely N-dealkylation sites (N-methyl/N-ethyl adjacent to an activating group) is 1. The monoisotopic (exact) mass is 683 g/mol. The topological polar surface area (TPSA) is 121 Å². The third-order valence-electron chi connectivity index (χ3n) is 15.7. The summed E-state index contributed by atoms with van der Waals surface area (Å²) < 4.78 is 6.14. The van der Waals surface area contributed by atoms with Gasteiger partial charge in [-0.05, 0) is 111 Å². The second-order valence-electron chi connectivity index (χ2n) is 19.2. The number of rotatable bonds is 9. The maximum Gasteiger partial charge on any atom is 0.309 e. The molecule has 0 aromatic heterocycles. The first kappa shape index (κ1) is 38.0. The maximum atomic E-state index is 13.9. The Morgan fingerprint density at radius 3 is 2.18 bits per heavy atom. The molecule has 8 heteroatoms. The van der Waals surface area contributed by atoms with Gasteiger partial charge in [-0.1, -0.05) is 61.0 Å². The number of esters is 1. The van der Waals surface area contributed by atoms with E-state index in [4.69, 9.17) is 4.74 Å². The number of hydrogen-bond donors (Lipinski definition) is 2. The summed E-state index contributed by atoms with van der Waals surface area (Å²) in [7, 11) is 1.77. The fourth-order valence-corrected chi connectivity index (χ4v) is 12.7. The van der Waals surface area contributed by atoms with E-state index in [2.05, 4.69) is 48.5 Å². The number of ether oxygens (including phenoxy) is 1. The summed E-state index contributed by atoms with van der Waals surface area (Å²) in [5.41, 5.74) is 0.144. The van der Waals surface area contributed by atoms with E-state index in [-0.39, 0.29) is 64.3 Å². The molecule has 5 aliphatic rings. The number of carbonyl (C=O) groups is 4. The Kier molecular flexibility index (Phi) is 9.68. The number of amides is 1. The molecule has 4 saturated carbocycles. The third kappa shape index (κ3) is 5.64. The molecule has 0 saturated heterocycles. The van der Waals surface area contributed by atoms with Gasteiger partial charge in [0.05, 0.1) is 17.9 Å². The zero-order valence-corrected chi connectivity index (χ0v) is 32.3. The number of Topliss-reactive ketones (excluding diaryl/α,β-unsaturated/α-hetero) is 1. The summed E-state index contributed by atoms with van der Waals surface area (Å²) in [6, 6.07) is 0. The predicted octanol–water partition coefficient (Wildman–Crippen LogP) is 7.61. The van der Waals surface area contributed by atoms with Gasteiger partial charge in [0.25, 0.3) is 0 Å². The number of fused-ring (bicyclic) bond motifs is 7.